The average Bonchev–Trinajstić information content (AvgIpc) is 4.03. The summed E-state index contributed by atoms with van der Waals surface area (Å²) in [5.74, 6) is -0.647. The Morgan fingerprint density at radius 1 is 0.774 bits per heavy atom. The molecule has 2 amide bonds. The lowest BCUT2D eigenvalue weighted by Gasteiger charge is -2.14. The summed E-state index contributed by atoms with van der Waals surface area (Å²) in [5, 5.41) is 12.2. The minimum atomic E-state index is -3.02. The van der Waals surface area contributed by atoms with Crippen LogP contribution in [-0.2, 0) is 0 Å². The second kappa shape index (κ2) is 18.1. The van der Waals surface area contributed by atoms with E-state index in [0.717, 1.165) is 38.1 Å². The van der Waals surface area contributed by atoms with Gasteiger partial charge in [0.1, 0.15) is 5.36 Å². The molecule has 0 atom stereocenters. The van der Waals surface area contributed by atoms with Crippen LogP contribution in [0.2, 0.25) is 20.1 Å². The van der Waals surface area contributed by atoms with E-state index in [2.05, 4.69) is 24.8 Å². The lowest BCUT2D eigenvalue weighted by molar-refractivity contribution is -0.0521. The number of carbonyl (C=O) groups is 2. The number of nitrogens with one attached hydrogen (secondary N) is 1. The van der Waals surface area contributed by atoms with Crippen LogP contribution in [0, 0.1) is 11.8 Å². The molecule has 2 fully saturated rings. The summed E-state index contributed by atoms with van der Waals surface area (Å²) in [6.07, 6.45) is 8.99. The summed E-state index contributed by atoms with van der Waals surface area (Å²) in [5.41, 5.74) is 0.471. The summed E-state index contributed by atoms with van der Waals surface area (Å²) >= 11 is 23.8. The van der Waals surface area contributed by atoms with Crippen molar-refractivity contribution in [2.45, 2.75) is 38.9 Å². The summed E-state index contributed by atoms with van der Waals surface area (Å²) in [6, 6.07) is 7.73. The summed E-state index contributed by atoms with van der Waals surface area (Å²) in [4.78, 5) is 32.5. The maximum atomic E-state index is 12.6. The highest BCUT2D eigenvalue weighted by molar-refractivity contribution is 6.39. The molecule has 2 aliphatic rings. The van der Waals surface area contributed by atoms with Gasteiger partial charge in [0, 0.05) is 23.5 Å². The molecule has 4 aromatic rings. The molecule has 0 spiro atoms. The summed E-state index contributed by atoms with van der Waals surface area (Å²) < 4.78 is 70.8. The third-order valence-corrected chi connectivity index (χ3v) is 8.55. The smallest absolute Gasteiger partial charge is 0.387 e. The normalized spacial score (nSPS) is 13.5. The van der Waals surface area contributed by atoms with Gasteiger partial charge < -0.3 is 29.5 Å². The summed E-state index contributed by atoms with van der Waals surface area (Å²) in [6.45, 7) is -5.28. The number of rotatable bonds is 13. The Morgan fingerprint density at radius 2 is 1.25 bits per heavy atom. The highest BCUT2D eigenvalue weighted by Gasteiger charge is 2.25. The molecule has 53 heavy (non-hydrogen) atoms. The number of alkyl halides is 4. The molecule has 2 heterocycles. The maximum absolute atomic E-state index is 12.6. The van der Waals surface area contributed by atoms with Crippen LogP contribution in [0.5, 0.6) is 23.0 Å². The molecule has 6 rings (SSSR count). The van der Waals surface area contributed by atoms with Crippen molar-refractivity contribution in [3.8, 4) is 23.0 Å². The second-order valence-corrected chi connectivity index (χ2v) is 13.2. The number of hydrogen-bond acceptors (Lipinski definition) is 8. The quantitative estimate of drug-likeness (QED) is 0.101. The van der Waals surface area contributed by atoms with Gasteiger partial charge in [0.25, 0.3) is 11.8 Å². The first kappa shape index (κ1) is 39.8. The molecule has 0 bridgehead atoms. The number of nitrogens with zero attached hydrogens (tertiary/aromatic N) is 3. The van der Waals surface area contributed by atoms with E-state index >= 15 is 0 Å². The van der Waals surface area contributed by atoms with E-state index in [1.165, 1.54) is 48.8 Å². The molecule has 282 valence electrons. The number of pyridine rings is 2. The number of halogens is 8. The number of amides is 2. The molecule has 2 aromatic carbocycles. The Hall–Kier alpha value is -4.44. The Morgan fingerprint density at radius 3 is 1.72 bits per heavy atom. The predicted octanol–water partition coefficient (Wildman–Crippen LogP) is 9.19. The van der Waals surface area contributed by atoms with Gasteiger partial charge in [-0.15, -0.1) is 0 Å². The fraction of sp³-hybridized carbons (Fsp3) is 0.294. The number of benzene rings is 2. The van der Waals surface area contributed by atoms with Crippen LogP contribution in [0.4, 0.5) is 23.2 Å². The Labute approximate surface area is 318 Å². The van der Waals surface area contributed by atoms with Crippen molar-refractivity contribution in [2.24, 2.45) is 16.8 Å². The molecule has 0 aliphatic heterocycles. The minimum Gasteiger partial charge on any atom is -0.489 e. The largest absolute Gasteiger partial charge is 0.489 e. The monoisotopic (exact) mass is 820 g/mol. The minimum absolute atomic E-state index is 0.0259. The van der Waals surface area contributed by atoms with Gasteiger partial charge in [0.15, 0.2) is 23.0 Å². The Bertz CT molecular complexity index is 1990. The number of anilines is 1. The fourth-order valence-electron chi connectivity index (χ4n) is 4.38. The zero-order valence-electron chi connectivity index (χ0n) is 27.1. The van der Waals surface area contributed by atoms with Gasteiger partial charge in [-0.1, -0.05) is 46.4 Å². The average molecular weight is 822 g/mol. The van der Waals surface area contributed by atoms with Gasteiger partial charge in [-0.05, 0) is 73.9 Å². The number of hydrogen-bond donors (Lipinski definition) is 2. The molecule has 2 aromatic heterocycles. The van der Waals surface area contributed by atoms with Crippen molar-refractivity contribution in [1.29, 1.82) is 0 Å². The highest BCUT2D eigenvalue weighted by Crippen LogP contribution is 2.36. The lowest BCUT2D eigenvalue weighted by Crippen LogP contribution is -2.14. The van der Waals surface area contributed by atoms with E-state index in [4.69, 9.17) is 55.9 Å². The van der Waals surface area contributed by atoms with Crippen LogP contribution in [0.25, 0.3) is 0 Å². The maximum Gasteiger partial charge on any atom is 0.387 e. The van der Waals surface area contributed by atoms with Crippen LogP contribution in [0.1, 0.15) is 46.4 Å². The number of ether oxygens (including phenoxy) is 4. The van der Waals surface area contributed by atoms with E-state index < -0.39 is 25.0 Å². The predicted molar refractivity (Wildman–Crippen MR) is 186 cm³/mol. The van der Waals surface area contributed by atoms with E-state index in [9.17, 15) is 32.4 Å². The molecule has 0 saturated heterocycles. The Kier molecular flexibility index (Phi) is 13.5. The number of aromatic nitrogens is 2. The zero-order valence-corrected chi connectivity index (χ0v) is 30.1. The SMILES string of the molecule is O=C(N=c1c(Cl)cn(O)cc1Cl)c1ccc(OC(F)F)c(OCC2CC2)c1.O=C(Nc1c(Cl)cncc1Cl)c1ccc(OC(F)F)c(OCC2CC2)c1. The molecule has 2 N–H and O–H groups in total. The van der Waals surface area contributed by atoms with Crippen molar-refractivity contribution < 1.29 is 51.3 Å². The topological polar surface area (TPSA) is 134 Å². The van der Waals surface area contributed by atoms with Gasteiger partial charge in [0.2, 0.25) is 0 Å². The molecular formula is C34H28Cl4F4N4O7. The van der Waals surface area contributed by atoms with Crippen LogP contribution in [0.15, 0.2) is 66.2 Å². The molecular weight excluding hydrogens is 794 g/mol. The molecule has 0 radical (unpaired) electrons. The molecule has 2 aliphatic carbocycles. The van der Waals surface area contributed by atoms with Crippen LogP contribution in [-0.4, -0.2) is 53.2 Å². The first-order valence-corrected chi connectivity index (χ1v) is 17.2. The van der Waals surface area contributed by atoms with Crippen LogP contribution in [0.3, 0.4) is 0 Å². The fourth-order valence-corrected chi connectivity index (χ4v) is 5.38. The van der Waals surface area contributed by atoms with Crippen molar-refractivity contribution in [3.05, 3.63) is 97.8 Å². The van der Waals surface area contributed by atoms with Crippen molar-refractivity contribution in [2.75, 3.05) is 18.5 Å². The molecule has 2 saturated carbocycles. The Balaban J connectivity index is 0.000000204. The highest BCUT2D eigenvalue weighted by atomic mass is 35.5. The van der Waals surface area contributed by atoms with Crippen molar-refractivity contribution >= 4 is 63.9 Å². The standard InChI is InChI=1S/C17H14Cl2F2N2O4.C17H14Cl2F2N2O3/c18-11-6-23(25)7-12(19)15(11)22-16(24)10-3-4-13(27-17(20)21)14(5-10)26-8-9-1-2-9;18-11-6-22-7-12(19)15(11)23-16(24)10-3-4-13(26-17(20)21)14(5-10)25-8-9-1-2-9/h3-7,9,17,25H,1-2,8H2;3-7,9,17H,1-2,8H2,(H,22,23,24). The van der Waals surface area contributed by atoms with E-state index in [1.54, 1.807) is 0 Å². The van der Waals surface area contributed by atoms with Crippen molar-refractivity contribution in [1.82, 2.24) is 9.71 Å². The van der Waals surface area contributed by atoms with Crippen molar-refractivity contribution in [3.63, 3.8) is 0 Å². The summed E-state index contributed by atoms with van der Waals surface area (Å²) in [7, 11) is 0. The molecule has 0 unspecified atom stereocenters. The van der Waals surface area contributed by atoms with Gasteiger partial charge in [-0.3, -0.25) is 14.6 Å². The van der Waals surface area contributed by atoms with Crippen LogP contribution < -0.4 is 29.6 Å². The van der Waals surface area contributed by atoms with Gasteiger partial charge in [0.05, 0.1) is 51.4 Å². The first-order valence-electron chi connectivity index (χ1n) is 15.7. The third kappa shape index (κ3) is 11.8. The lowest BCUT2D eigenvalue weighted by atomic mass is 10.2. The second-order valence-electron chi connectivity index (χ2n) is 11.6. The zero-order chi connectivity index (χ0) is 38.2. The van der Waals surface area contributed by atoms with Gasteiger partial charge in [-0.25, -0.2) is 4.99 Å². The van der Waals surface area contributed by atoms with E-state index in [1.807, 2.05) is 0 Å². The van der Waals surface area contributed by atoms with E-state index in [0.29, 0.717) is 29.8 Å². The molecule has 11 nitrogen and oxygen atoms in total. The van der Waals surface area contributed by atoms with E-state index in [-0.39, 0.29) is 65.3 Å². The van der Waals surface area contributed by atoms with Crippen LogP contribution >= 0.6 is 46.4 Å². The van der Waals surface area contributed by atoms with Gasteiger partial charge in [-0.2, -0.15) is 22.3 Å². The first-order chi connectivity index (χ1) is 25.3. The van der Waals surface area contributed by atoms with Gasteiger partial charge >= 0.3 is 13.2 Å². The number of carbonyl (C=O) groups excluding carboxylic acids is 2. The molecule has 19 heteroatoms. The third-order valence-electron chi connectivity index (χ3n) is 7.42.